The number of hydrogen-bond acceptors (Lipinski definition) is 4. The highest BCUT2D eigenvalue weighted by atomic mass is 35.5. The molecule has 0 aliphatic heterocycles. The molecule has 2 aromatic rings. The number of nitrogens with zero attached hydrogens (tertiary/aromatic N) is 3. The lowest BCUT2D eigenvalue weighted by Gasteiger charge is -2.09. The lowest BCUT2D eigenvalue weighted by molar-refractivity contribution is 0.380. The van der Waals surface area contributed by atoms with Gasteiger partial charge in [-0.25, -0.2) is 4.99 Å². The smallest absolute Gasteiger partial charge is 0.248 e. The predicted octanol–water partition coefficient (Wildman–Crippen LogP) is 2.85. The number of hydrogen-bond donors (Lipinski definition) is 2. The van der Waals surface area contributed by atoms with Crippen molar-refractivity contribution in [3.8, 4) is 11.4 Å². The Bertz CT molecular complexity index is 682. The van der Waals surface area contributed by atoms with E-state index in [1.54, 1.807) is 12.1 Å². The van der Waals surface area contributed by atoms with Crippen LogP contribution in [0.5, 0.6) is 0 Å². The van der Waals surface area contributed by atoms with Gasteiger partial charge in [0.1, 0.15) is 6.54 Å². The Balaban J connectivity index is 1.65. The van der Waals surface area contributed by atoms with Gasteiger partial charge in [-0.2, -0.15) is 4.98 Å². The third-order valence-corrected chi connectivity index (χ3v) is 3.97. The second-order valence-corrected chi connectivity index (χ2v) is 6.11. The van der Waals surface area contributed by atoms with Crippen LogP contribution in [0, 0.1) is 5.92 Å². The molecule has 2 unspecified atom stereocenters. The highest BCUT2D eigenvalue weighted by Crippen LogP contribution is 2.28. The van der Waals surface area contributed by atoms with Crippen LogP contribution in [0.3, 0.4) is 0 Å². The standard InChI is InChI=1S/C16H20ClN5O/c1-3-18-16(20-13-8-10(13)2)19-9-14-21-15(22-23-14)11-4-6-12(17)7-5-11/h4-7,10,13H,3,8-9H2,1-2H3,(H2,18,19,20). The van der Waals surface area contributed by atoms with Crippen LogP contribution >= 0.6 is 11.6 Å². The lowest BCUT2D eigenvalue weighted by atomic mass is 10.2. The van der Waals surface area contributed by atoms with Gasteiger partial charge in [0, 0.05) is 23.2 Å². The number of nitrogens with one attached hydrogen (secondary N) is 2. The van der Waals surface area contributed by atoms with Crippen LogP contribution in [0.1, 0.15) is 26.2 Å². The molecule has 0 saturated heterocycles. The van der Waals surface area contributed by atoms with Crippen LogP contribution in [0.4, 0.5) is 0 Å². The minimum atomic E-state index is 0.344. The van der Waals surface area contributed by atoms with E-state index in [2.05, 4.69) is 32.7 Å². The van der Waals surface area contributed by atoms with E-state index in [9.17, 15) is 0 Å². The molecule has 23 heavy (non-hydrogen) atoms. The predicted molar refractivity (Wildman–Crippen MR) is 90.3 cm³/mol. The fourth-order valence-electron chi connectivity index (χ4n) is 2.20. The fourth-order valence-corrected chi connectivity index (χ4v) is 2.33. The summed E-state index contributed by atoms with van der Waals surface area (Å²) in [7, 11) is 0. The molecular weight excluding hydrogens is 314 g/mol. The summed E-state index contributed by atoms with van der Waals surface area (Å²) in [5.41, 5.74) is 0.866. The van der Waals surface area contributed by atoms with E-state index >= 15 is 0 Å². The maximum absolute atomic E-state index is 5.88. The molecule has 6 nitrogen and oxygen atoms in total. The number of halogens is 1. The SMILES string of the molecule is CCNC(=NCc1nc(-c2ccc(Cl)cc2)no1)NC1CC1C. The van der Waals surface area contributed by atoms with Gasteiger partial charge in [0.15, 0.2) is 5.96 Å². The van der Waals surface area contributed by atoms with Gasteiger partial charge in [0.2, 0.25) is 11.7 Å². The molecule has 2 N–H and O–H groups in total. The maximum atomic E-state index is 5.88. The molecule has 1 aromatic carbocycles. The third-order valence-electron chi connectivity index (χ3n) is 3.72. The van der Waals surface area contributed by atoms with Crippen molar-refractivity contribution in [3.05, 3.63) is 35.2 Å². The fraction of sp³-hybridized carbons (Fsp3) is 0.438. The zero-order chi connectivity index (χ0) is 16.2. The number of guanidine groups is 1. The van der Waals surface area contributed by atoms with Crippen LogP contribution in [-0.4, -0.2) is 28.7 Å². The van der Waals surface area contributed by atoms with Crippen molar-refractivity contribution in [3.63, 3.8) is 0 Å². The summed E-state index contributed by atoms with van der Waals surface area (Å²) in [4.78, 5) is 8.86. The van der Waals surface area contributed by atoms with Crippen LogP contribution in [0.15, 0.2) is 33.8 Å². The summed E-state index contributed by atoms with van der Waals surface area (Å²) in [6.07, 6.45) is 1.19. The van der Waals surface area contributed by atoms with Crippen molar-refractivity contribution < 1.29 is 4.52 Å². The van der Waals surface area contributed by atoms with E-state index in [-0.39, 0.29) is 0 Å². The number of rotatable bonds is 5. The summed E-state index contributed by atoms with van der Waals surface area (Å²) >= 11 is 5.88. The van der Waals surface area contributed by atoms with Gasteiger partial charge in [0.05, 0.1) is 0 Å². The van der Waals surface area contributed by atoms with E-state index in [0.29, 0.717) is 35.2 Å². The molecule has 0 amide bonds. The van der Waals surface area contributed by atoms with Gasteiger partial charge < -0.3 is 15.2 Å². The molecule has 0 radical (unpaired) electrons. The monoisotopic (exact) mass is 333 g/mol. The Morgan fingerprint density at radius 1 is 1.39 bits per heavy atom. The van der Waals surface area contributed by atoms with Crippen molar-refractivity contribution >= 4 is 17.6 Å². The Kier molecular flexibility index (Phi) is 4.81. The molecule has 7 heteroatoms. The van der Waals surface area contributed by atoms with Gasteiger partial charge in [0.25, 0.3) is 0 Å². The molecule has 1 saturated carbocycles. The average Bonchev–Trinajstić information content (AvgIpc) is 3.04. The first-order valence-electron chi connectivity index (χ1n) is 7.79. The molecular formula is C16H20ClN5O. The lowest BCUT2D eigenvalue weighted by Crippen LogP contribution is -2.39. The Morgan fingerprint density at radius 2 is 2.13 bits per heavy atom. The number of aromatic nitrogens is 2. The second-order valence-electron chi connectivity index (χ2n) is 5.68. The quantitative estimate of drug-likeness (QED) is 0.650. The molecule has 0 spiro atoms. The van der Waals surface area contributed by atoms with Gasteiger partial charge in [-0.15, -0.1) is 0 Å². The van der Waals surface area contributed by atoms with Gasteiger partial charge >= 0.3 is 0 Å². The van der Waals surface area contributed by atoms with Crippen LogP contribution in [0.25, 0.3) is 11.4 Å². The molecule has 1 heterocycles. The van der Waals surface area contributed by atoms with Gasteiger partial charge in [-0.05, 0) is 43.5 Å². The summed E-state index contributed by atoms with van der Waals surface area (Å²) in [6.45, 7) is 5.42. The topological polar surface area (TPSA) is 75.3 Å². The molecule has 1 fully saturated rings. The van der Waals surface area contributed by atoms with Crippen molar-refractivity contribution in [2.45, 2.75) is 32.9 Å². The van der Waals surface area contributed by atoms with Crippen molar-refractivity contribution in [1.29, 1.82) is 0 Å². The van der Waals surface area contributed by atoms with Crippen LogP contribution in [-0.2, 0) is 6.54 Å². The molecule has 122 valence electrons. The highest BCUT2D eigenvalue weighted by molar-refractivity contribution is 6.30. The third kappa shape index (κ3) is 4.22. The van der Waals surface area contributed by atoms with Crippen molar-refractivity contribution in [2.75, 3.05) is 6.54 Å². The molecule has 2 atom stereocenters. The second kappa shape index (κ2) is 7.00. The largest absolute Gasteiger partial charge is 0.357 e. The van der Waals surface area contributed by atoms with Crippen LogP contribution < -0.4 is 10.6 Å². The first-order valence-corrected chi connectivity index (χ1v) is 8.17. The molecule has 1 aromatic heterocycles. The summed E-state index contributed by atoms with van der Waals surface area (Å²) in [5.74, 6) is 2.52. The van der Waals surface area contributed by atoms with E-state index < -0.39 is 0 Å². The van der Waals surface area contributed by atoms with Crippen molar-refractivity contribution in [1.82, 2.24) is 20.8 Å². The molecule has 0 bridgehead atoms. The zero-order valence-corrected chi connectivity index (χ0v) is 14.0. The minimum absolute atomic E-state index is 0.344. The first-order chi connectivity index (χ1) is 11.2. The zero-order valence-electron chi connectivity index (χ0n) is 13.2. The van der Waals surface area contributed by atoms with Gasteiger partial charge in [-0.1, -0.05) is 23.7 Å². The van der Waals surface area contributed by atoms with E-state index in [4.69, 9.17) is 16.1 Å². The average molecular weight is 334 g/mol. The van der Waals surface area contributed by atoms with E-state index in [1.807, 2.05) is 19.1 Å². The molecule has 3 rings (SSSR count). The van der Waals surface area contributed by atoms with Crippen molar-refractivity contribution in [2.24, 2.45) is 10.9 Å². The minimum Gasteiger partial charge on any atom is -0.357 e. The van der Waals surface area contributed by atoms with E-state index in [0.717, 1.165) is 18.1 Å². The normalized spacial score (nSPS) is 20.4. The molecule has 1 aliphatic rings. The van der Waals surface area contributed by atoms with E-state index in [1.165, 1.54) is 6.42 Å². The number of benzene rings is 1. The maximum Gasteiger partial charge on any atom is 0.248 e. The Morgan fingerprint density at radius 3 is 2.78 bits per heavy atom. The Hall–Kier alpha value is -2.08. The summed E-state index contributed by atoms with van der Waals surface area (Å²) in [6, 6.07) is 7.84. The Labute approximate surface area is 140 Å². The van der Waals surface area contributed by atoms with Gasteiger partial charge in [-0.3, -0.25) is 0 Å². The van der Waals surface area contributed by atoms with Crippen LogP contribution in [0.2, 0.25) is 5.02 Å². The molecule has 1 aliphatic carbocycles. The number of aliphatic imine (C=N–C) groups is 1. The highest BCUT2D eigenvalue weighted by Gasteiger charge is 2.33. The summed E-state index contributed by atoms with van der Waals surface area (Å²) in [5, 5.41) is 11.3. The first kappa shape index (κ1) is 15.8. The summed E-state index contributed by atoms with van der Waals surface area (Å²) < 4.78 is 5.26.